The van der Waals surface area contributed by atoms with Crippen LogP contribution in [0.3, 0.4) is 0 Å². The number of amides is 1. The second-order valence-corrected chi connectivity index (χ2v) is 6.60. The molecule has 2 aliphatic rings. The number of nitrogens with zero attached hydrogens (tertiary/aromatic N) is 1. The van der Waals surface area contributed by atoms with E-state index in [9.17, 15) is 4.79 Å². The number of rotatable bonds is 4. The highest BCUT2D eigenvalue weighted by Crippen LogP contribution is 2.36. The van der Waals surface area contributed by atoms with Gasteiger partial charge in [0.05, 0.1) is 12.1 Å². The van der Waals surface area contributed by atoms with Gasteiger partial charge in [0.25, 0.3) is 0 Å². The Morgan fingerprint density at radius 1 is 1.00 bits per heavy atom. The first-order valence-electron chi connectivity index (χ1n) is 8.62. The fourth-order valence-electron chi connectivity index (χ4n) is 3.93. The van der Waals surface area contributed by atoms with Crippen LogP contribution in [0, 0.1) is 0 Å². The highest BCUT2D eigenvalue weighted by atomic mass is 16.8. The first kappa shape index (κ1) is 15.4. The number of hydroxylamine groups is 3. The van der Waals surface area contributed by atoms with Crippen molar-refractivity contribution in [3.63, 3.8) is 0 Å². The minimum atomic E-state index is -0.0736. The van der Waals surface area contributed by atoms with Crippen molar-refractivity contribution in [2.24, 2.45) is 0 Å². The molecule has 0 spiro atoms. The van der Waals surface area contributed by atoms with Crippen molar-refractivity contribution in [1.29, 1.82) is 0 Å². The van der Waals surface area contributed by atoms with Crippen LogP contribution < -0.4 is 5.48 Å². The number of carbonyl (C=O) groups is 1. The van der Waals surface area contributed by atoms with Gasteiger partial charge in [-0.15, -0.1) is 0 Å². The Morgan fingerprint density at radius 2 is 1.62 bits per heavy atom. The van der Waals surface area contributed by atoms with Crippen molar-refractivity contribution in [2.45, 2.75) is 44.7 Å². The third-order valence-corrected chi connectivity index (χ3v) is 5.12. The molecule has 0 bridgehead atoms. The van der Waals surface area contributed by atoms with E-state index < -0.39 is 0 Å². The Hall–Kier alpha value is -2.17. The average Bonchev–Trinajstić information content (AvgIpc) is 3.20. The Kier molecular flexibility index (Phi) is 4.08. The Morgan fingerprint density at radius 3 is 2.38 bits per heavy atom. The van der Waals surface area contributed by atoms with Crippen LogP contribution in [0.4, 0.5) is 0 Å². The number of hydrogen-bond donors (Lipinski definition) is 1. The summed E-state index contributed by atoms with van der Waals surface area (Å²) in [5.41, 5.74) is 8.27. The van der Waals surface area contributed by atoms with Gasteiger partial charge in [-0.2, -0.15) is 15.5 Å². The van der Waals surface area contributed by atoms with Crippen molar-refractivity contribution in [1.82, 2.24) is 10.5 Å². The molecule has 2 unspecified atom stereocenters. The molecule has 4 rings (SSSR count). The van der Waals surface area contributed by atoms with Crippen LogP contribution >= 0.6 is 0 Å². The van der Waals surface area contributed by atoms with Crippen molar-refractivity contribution >= 4 is 5.91 Å². The Labute approximate surface area is 142 Å². The van der Waals surface area contributed by atoms with Gasteiger partial charge in [0, 0.05) is 6.92 Å². The molecule has 0 heterocycles. The molecule has 1 amide bonds. The maximum absolute atomic E-state index is 12.2. The molecule has 2 atom stereocenters. The van der Waals surface area contributed by atoms with Crippen LogP contribution in [0.2, 0.25) is 0 Å². The molecule has 0 aliphatic heterocycles. The Balaban J connectivity index is 1.49. The molecule has 2 aromatic carbocycles. The van der Waals surface area contributed by atoms with E-state index in [1.165, 1.54) is 27.3 Å². The van der Waals surface area contributed by atoms with Crippen molar-refractivity contribution < 1.29 is 9.73 Å². The molecule has 124 valence electrons. The molecule has 0 saturated carbocycles. The van der Waals surface area contributed by atoms with Crippen LogP contribution in [-0.2, 0) is 22.6 Å². The number of aryl methyl sites for hydroxylation is 2. The Bertz CT molecular complexity index is 759. The van der Waals surface area contributed by atoms with Gasteiger partial charge < -0.3 is 0 Å². The number of carbonyl (C=O) groups excluding carboxylic acids is 1. The van der Waals surface area contributed by atoms with E-state index in [1.54, 1.807) is 6.92 Å². The normalized spacial score (nSPS) is 21.4. The van der Waals surface area contributed by atoms with E-state index in [-0.39, 0.29) is 18.0 Å². The summed E-state index contributed by atoms with van der Waals surface area (Å²) in [4.78, 5) is 18.0. The summed E-state index contributed by atoms with van der Waals surface area (Å²) in [7, 11) is 0. The summed E-state index contributed by atoms with van der Waals surface area (Å²) in [6.45, 7) is 1.56. The number of nitrogens with one attached hydrogen (secondary N) is 1. The second kappa shape index (κ2) is 6.38. The summed E-state index contributed by atoms with van der Waals surface area (Å²) in [6, 6.07) is 16.8. The summed E-state index contributed by atoms with van der Waals surface area (Å²) >= 11 is 0. The van der Waals surface area contributed by atoms with Gasteiger partial charge in [0.15, 0.2) is 0 Å². The van der Waals surface area contributed by atoms with E-state index in [4.69, 9.17) is 4.94 Å². The molecular weight excluding hydrogens is 300 g/mol. The average molecular weight is 322 g/mol. The quantitative estimate of drug-likeness (QED) is 0.874. The third-order valence-electron chi connectivity index (χ3n) is 5.12. The SMILES string of the molecule is CC(=O)N(ONC1CCc2ccccc21)C1CCc2ccccc21. The van der Waals surface area contributed by atoms with Crippen molar-refractivity contribution in [3.05, 3.63) is 70.8 Å². The first-order valence-corrected chi connectivity index (χ1v) is 8.62. The van der Waals surface area contributed by atoms with Crippen molar-refractivity contribution in [2.75, 3.05) is 0 Å². The van der Waals surface area contributed by atoms with Crippen LogP contribution in [-0.4, -0.2) is 11.0 Å². The summed E-state index contributed by atoms with van der Waals surface area (Å²) in [5, 5.41) is 1.51. The standard InChI is InChI=1S/C20H22N2O2/c1-14(23)22(20-13-11-16-7-3-5-9-18(16)20)24-21-19-12-10-15-6-2-4-8-17(15)19/h2-9,19-21H,10-13H2,1H3. The molecule has 0 fully saturated rings. The number of hydrogen-bond acceptors (Lipinski definition) is 3. The minimum Gasteiger partial charge on any atom is -0.273 e. The zero-order valence-corrected chi connectivity index (χ0v) is 13.9. The minimum absolute atomic E-state index is 0.0113. The van der Waals surface area contributed by atoms with Gasteiger partial charge in [-0.1, -0.05) is 48.5 Å². The lowest BCUT2D eigenvalue weighted by atomic mass is 10.1. The number of fused-ring (bicyclic) bond motifs is 2. The molecule has 0 saturated heterocycles. The fourth-order valence-corrected chi connectivity index (χ4v) is 3.93. The predicted octanol–water partition coefficient (Wildman–Crippen LogP) is 3.65. The highest BCUT2D eigenvalue weighted by molar-refractivity contribution is 5.72. The zero-order chi connectivity index (χ0) is 16.5. The van der Waals surface area contributed by atoms with Crippen LogP contribution in [0.25, 0.3) is 0 Å². The molecule has 0 aromatic heterocycles. The van der Waals surface area contributed by atoms with Crippen LogP contribution in [0.5, 0.6) is 0 Å². The molecule has 24 heavy (non-hydrogen) atoms. The summed E-state index contributed by atoms with van der Waals surface area (Å²) in [6.07, 6.45) is 3.93. The summed E-state index contributed by atoms with van der Waals surface area (Å²) in [5.74, 6) is -0.0736. The summed E-state index contributed by atoms with van der Waals surface area (Å²) < 4.78 is 0. The van der Waals surface area contributed by atoms with Crippen LogP contribution in [0.15, 0.2) is 48.5 Å². The van der Waals surface area contributed by atoms with Crippen molar-refractivity contribution in [3.8, 4) is 0 Å². The molecule has 1 N–H and O–H groups in total. The number of benzene rings is 2. The highest BCUT2D eigenvalue weighted by Gasteiger charge is 2.32. The largest absolute Gasteiger partial charge is 0.273 e. The molecule has 2 aliphatic carbocycles. The fraction of sp³-hybridized carbons (Fsp3) is 0.350. The van der Waals surface area contributed by atoms with E-state index in [0.717, 1.165) is 25.7 Å². The lowest BCUT2D eigenvalue weighted by Gasteiger charge is -2.28. The van der Waals surface area contributed by atoms with Gasteiger partial charge in [0.1, 0.15) is 0 Å². The lowest BCUT2D eigenvalue weighted by Crippen LogP contribution is -2.38. The van der Waals surface area contributed by atoms with E-state index >= 15 is 0 Å². The molecular formula is C20H22N2O2. The van der Waals surface area contributed by atoms with Crippen LogP contribution in [0.1, 0.15) is 54.1 Å². The lowest BCUT2D eigenvalue weighted by molar-refractivity contribution is -0.236. The molecule has 2 aromatic rings. The van der Waals surface area contributed by atoms with Gasteiger partial charge in [-0.25, -0.2) is 0 Å². The molecule has 4 heteroatoms. The van der Waals surface area contributed by atoms with Gasteiger partial charge in [0.2, 0.25) is 5.91 Å². The smallest absolute Gasteiger partial charge is 0.245 e. The zero-order valence-electron chi connectivity index (χ0n) is 13.9. The molecule has 4 nitrogen and oxygen atoms in total. The second-order valence-electron chi connectivity index (χ2n) is 6.60. The van der Waals surface area contributed by atoms with E-state index in [2.05, 4.69) is 41.9 Å². The topological polar surface area (TPSA) is 41.6 Å². The van der Waals surface area contributed by atoms with E-state index in [1.807, 2.05) is 12.1 Å². The van der Waals surface area contributed by atoms with E-state index in [0.29, 0.717) is 0 Å². The maximum Gasteiger partial charge on any atom is 0.245 e. The third kappa shape index (κ3) is 2.72. The first-order chi connectivity index (χ1) is 11.7. The van der Waals surface area contributed by atoms with Gasteiger partial charge in [-0.3, -0.25) is 4.79 Å². The predicted molar refractivity (Wildman–Crippen MR) is 91.7 cm³/mol. The molecule has 0 radical (unpaired) electrons. The van der Waals surface area contributed by atoms with Gasteiger partial charge >= 0.3 is 0 Å². The maximum atomic E-state index is 12.2. The monoisotopic (exact) mass is 322 g/mol. The van der Waals surface area contributed by atoms with Gasteiger partial charge in [-0.05, 0) is 47.9 Å².